The molecule has 2 fully saturated rings. The number of hydrogen-bond acceptors (Lipinski definition) is 5. The zero-order valence-electron chi connectivity index (χ0n) is 11.1. The smallest absolute Gasteiger partial charge is 0.346 e. The van der Waals surface area contributed by atoms with Crippen molar-refractivity contribution in [2.24, 2.45) is 0 Å². The van der Waals surface area contributed by atoms with E-state index in [1.807, 2.05) is 0 Å². The lowest BCUT2D eigenvalue weighted by atomic mass is 9.90. The number of aromatic carboxylic acids is 1. The first kappa shape index (κ1) is 14.0. The Bertz CT molecular complexity index is 605. The lowest BCUT2D eigenvalue weighted by molar-refractivity contribution is -0.134. The minimum atomic E-state index is -1.05. The van der Waals surface area contributed by atoms with Crippen LogP contribution in [-0.4, -0.2) is 46.7 Å². The molecule has 0 atom stereocenters. The van der Waals surface area contributed by atoms with Crippen LogP contribution in [0.15, 0.2) is 11.4 Å². The third kappa shape index (κ3) is 2.30. The van der Waals surface area contributed by atoms with Crippen molar-refractivity contribution in [3.63, 3.8) is 0 Å². The number of rotatable bonds is 3. The van der Waals surface area contributed by atoms with Gasteiger partial charge in [0, 0.05) is 26.1 Å². The van der Waals surface area contributed by atoms with Gasteiger partial charge < -0.3 is 15.2 Å². The molecule has 2 N–H and O–H groups in total. The van der Waals surface area contributed by atoms with E-state index < -0.39 is 17.5 Å². The van der Waals surface area contributed by atoms with Crippen molar-refractivity contribution in [1.29, 1.82) is 0 Å². The van der Waals surface area contributed by atoms with Crippen LogP contribution in [0.4, 0.5) is 4.79 Å². The maximum Gasteiger partial charge on any atom is 0.346 e. The zero-order valence-corrected chi connectivity index (χ0v) is 11.9. The Morgan fingerprint density at radius 3 is 2.81 bits per heavy atom. The number of urea groups is 1. The topological polar surface area (TPSA) is 95.9 Å². The number of ether oxygens (including phenoxy) is 1. The highest BCUT2D eigenvalue weighted by atomic mass is 32.1. The van der Waals surface area contributed by atoms with Gasteiger partial charge in [-0.1, -0.05) is 0 Å². The lowest BCUT2D eigenvalue weighted by Gasteiger charge is -2.30. The fraction of sp³-hybridized carbons (Fsp3) is 0.462. The second kappa shape index (κ2) is 5.12. The molecule has 0 unspecified atom stereocenters. The third-order valence-corrected chi connectivity index (χ3v) is 4.81. The number of amides is 3. The Hall–Kier alpha value is -1.93. The number of carbonyl (C=O) groups is 3. The number of nitrogens with zero attached hydrogens (tertiary/aromatic N) is 1. The van der Waals surface area contributed by atoms with Crippen LogP contribution in [0, 0.1) is 0 Å². The summed E-state index contributed by atoms with van der Waals surface area (Å²) in [6.45, 7) is 0.843. The molecule has 3 amide bonds. The summed E-state index contributed by atoms with van der Waals surface area (Å²) >= 11 is 1.08. The number of hydrogen-bond donors (Lipinski definition) is 2. The summed E-state index contributed by atoms with van der Waals surface area (Å²) in [4.78, 5) is 37.0. The Morgan fingerprint density at radius 2 is 2.14 bits per heavy atom. The van der Waals surface area contributed by atoms with Crippen molar-refractivity contribution in [2.45, 2.75) is 24.9 Å². The fourth-order valence-corrected chi connectivity index (χ4v) is 3.45. The van der Waals surface area contributed by atoms with E-state index in [0.29, 0.717) is 31.6 Å². The first-order valence-corrected chi connectivity index (χ1v) is 7.43. The Kier molecular flexibility index (Phi) is 3.42. The first-order valence-electron chi connectivity index (χ1n) is 6.55. The SMILES string of the molecule is O=C(O)c1sccc1CN1C(=O)NC2(CCOCC2)C1=O. The van der Waals surface area contributed by atoms with Crippen molar-refractivity contribution in [3.8, 4) is 0 Å². The maximum absolute atomic E-state index is 12.5. The summed E-state index contributed by atoms with van der Waals surface area (Å²) in [5.74, 6) is -1.34. The third-order valence-electron chi connectivity index (χ3n) is 3.86. The number of carboxylic acid groups (broad SMARTS) is 1. The van der Waals surface area contributed by atoms with E-state index >= 15 is 0 Å². The monoisotopic (exact) mass is 310 g/mol. The average Bonchev–Trinajstić information content (AvgIpc) is 3.00. The van der Waals surface area contributed by atoms with Gasteiger partial charge >= 0.3 is 12.0 Å². The van der Waals surface area contributed by atoms with Crippen molar-refractivity contribution >= 4 is 29.2 Å². The number of thiophene rings is 1. The van der Waals surface area contributed by atoms with Gasteiger partial charge in [-0.2, -0.15) is 0 Å². The molecule has 0 radical (unpaired) electrons. The van der Waals surface area contributed by atoms with E-state index in [1.165, 1.54) is 0 Å². The van der Waals surface area contributed by atoms with E-state index in [4.69, 9.17) is 9.84 Å². The van der Waals surface area contributed by atoms with Crippen LogP contribution in [0.25, 0.3) is 0 Å². The predicted molar refractivity (Wildman–Crippen MR) is 73.1 cm³/mol. The van der Waals surface area contributed by atoms with Crippen molar-refractivity contribution in [3.05, 3.63) is 21.9 Å². The first-order chi connectivity index (χ1) is 10.0. The molecular formula is C13H14N2O5S. The van der Waals surface area contributed by atoms with Gasteiger partial charge in [-0.25, -0.2) is 9.59 Å². The molecule has 3 heterocycles. The summed E-state index contributed by atoms with van der Waals surface area (Å²) in [5.41, 5.74) is -0.408. The Labute approximate surface area is 124 Å². The van der Waals surface area contributed by atoms with E-state index in [0.717, 1.165) is 16.2 Å². The summed E-state index contributed by atoms with van der Waals surface area (Å²) in [6.07, 6.45) is 0.896. The Morgan fingerprint density at radius 1 is 1.43 bits per heavy atom. The Balaban J connectivity index is 1.82. The van der Waals surface area contributed by atoms with Crippen LogP contribution in [0.3, 0.4) is 0 Å². The fourth-order valence-electron chi connectivity index (χ4n) is 2.70. The van der Waals surface area contributed by atoms with Gasteiger partial charge in [-0.15, -0.1) is 11.3 Å². The highest BCUT2D eigenvalue weighted by Gasteiger charge is 2.51. The predicted octanol–water partition coefficient (Wildman–Crippen LogP) is 1.05. The van der Waals surface area contributed by atoms with Crippen molar-refractivity contribution in [2.75, 3.05) is 13.2 Å². The molecule has 0 saturated carbocycles. The number of imide groups is 1. The maximum atomic E-state index is 12.5. The quantitative estimate of drug-likeness (QED) is 0.813. The highest BCUT2D eigenvalue weighted by molar-refractivity contribution is 7.12. The van der Waals surface area contributed by atoms with Crippen LogP contribution < -0.4 is 5.32 Å². The normalized spacial score (nSPS) is 20.9. The summed E-state index contributed by atoms with van der Waals surface area (Å²) in [6, 6.07) is 1.16. The largest absolute Gasteiger partial charge is 0.477 e. The van der Waals surface area contributed by atoms with E-state index in [9.17, 15) is 14.4 Å². The molecule has 0 aromatic carbocycles. The molecule has 1 aromatic heterocycles. The van der Waals surface area contributed by atoms with Crippen LogP contribution in [-0.2, 0) is 16.1 Å². The number of carbonyl (C=O) groups excluding carboxylic acids is 2. The van der Waals surface area contributed by atoms with Gasteiger partial charge in [0.25, 0.3) is 5.91 Å². The van der Waals surface area contributed by atoms with Crippen LogP contribution in [0.5, 0.6) is 0 Å². The molecule has 8 heteroatoms. The van der Waals surface area contributed by atoms with Crippen LogP contribution in [0.2, 0.25) is 0 Å². The van der Waals surface area contributed by atoms with Crippen LogP contribution >= 0.6 is 11.3 Å². The molecule has 21 heavy (non-hydrogen) atoms. The summed E-state index contributed by atoms with van der Waals surface area (Å²) in [5, 5.41) is 13.5. The van der Waals surface area contributed by atoms with Gasteiger partial charge in [0.1, 0.15) is 10.4 Å². The molecule has 2 aliphatic rings. The second-order valence-corrected chi connectivity index (χ2v) is 6.01. The van der Waals surface area contributed by atoms with E-state index in [1.54, 1.807) is 11.4 Å². The minimum Gasteiger partial charge on any atom is -0.477 e. The number of nitrogens with one attached hydrogen (secondary N) is 1. The van der Waals surface area contributed by atoms with Crippen molar-refractivity contribution in [1.82, 2.24) is 10.2 Å². The molecular weight excluding hydrogens is 296 g/mol. The lowest BCUT2D eigenvalue weighted by Crippen LogP contribution is -2.51. The minimum absolute atomic E-state index is 0.0155. The molecule has 2 saturated heterocycles. The molecule has 2 aliphatic heterocycles. The molecule has 1 aromatic rings. The number of carboxylic acids is 1. The van der Waals surface area contributed by atoms with Gasteiger partial charge in [0.15, 0.2) is 0 Å². The van der Waals surface area contributed by atoms with E-state index in [2.05, 4.69) is 5.32 Å². The van der Waals surface area contributed by atoms with Crippen LogP contribution in [0.1, 0.15) is 28.1 Å². The highest BCUT2D eigenvalue weighted by Crippen LogP contribution is 2.30. The van der Waals surface area contributed by atoms with Gasteiger partial charge in [-0.05, 0) is 17.0 Å². The average molecular weight is 310 g/mol. The van der Waals surface area contributed by atoms with Gasteiger partial charge in [0.2, 0.25) is 0 Å². The second-order valence-electron chi connectivity index (χ2n) is 5.10. The van der Waals surface area contributed by atoms with Gasteiger partial charge in [-0.3, -0.25) is 9.69 Å². The molecule has 7 nitrogen and oxygen atoms in total. The van der Waals surface area contributed by atoms with Gasteiger partial charge in [0.05, 0.1) is 6.54 Å². The standard InChI is InChI=1S/C13H14N2O5S/c16-10(17)9-8(1-6-21-9)7-15-11(18)13(14-12(15)19)2-4-20-5-3-13/h1,6H,2-5,7H2,(H,14,19)(H,16,17). The molecule has 112 valence electrons. The van der Waals surface area contributed by atoms with E-state index in [-0.39, 0.29) is 17.3 Å². The molecule has 3 rings (SSSR count). The molecule has 0 aliphatic carbocycles. The summed E-state index contributed by atoms with van der Waals surface area (Å²) in [7, 11) is 0. The molecule has 1 spiro atoms. The van der Waals surface area contributed by atoms with Crippen molar-refractivity contribution < 1.29 is 24.2 Å². The zero-order chi connectivity index (χ0) is 15.0. The summed E-state index contributed by atoms with van der Waals surface area (Å²) < 4.78 is 5.23. The molecule has 0 bridgehead atoms.